The lowest BCUT2D eigenvalue weighted by atomic mass is 10.2. The van der Waals surface area contributed by atoms with Gasteiger partial charge in [-0.05, 0) is 19.4 Å². The van der Waals surface area contributed by atoms with Crippen LogP contribution < -0.4 is 15.0 Å². The van der Waals surface area contributed by atoms with Crippen LogP contribution in [0.1, 0.15) is 19.4 Å². The Kier molecular flexibility index (Phi) is 3.33. The molecule has 0 saturated heterocycles. The highest BCUT2D eigenvalue weighted by molar-refractivity contribution is 7.99. The second-order valence-electron chi connectivity index (χ2n) is 4.78. The molecular weight excluding hydrogens is 276 g/mol. The number of hydrogen-bond donors (Lipinski definition) is 0. The summed E-state index contributed by atoms with van der Waals surface area (Å²) in [7, 11) is 3.14. The Morgan fingerprint density at radius 1 is 1.30 bits per heavy atom. The molecule has 5 nitrogen and oxygen atoms in total. The first-order valence-corrected chi connectivity index (χ1v) is 7.45. The summed E-state index contributed by atoms with van der Waals surface area (Å²) in [5.41, 5.74) is 0.645. The molecule has 0 aliphatic carbocycles. The Morgan fingerprint density at radius 3 is 2.70 bits per heavy atom. The van der Waals surface area contributed by atoms with Crippen molar-refractivity contribution in [3.05, 3.63) is 22.5 Å². The van der Waals surface area contributed by atoms with Crippen LogP contribution in [0.25, 0.3) is 10.9 Å². The fourth-order valence-corrected chi connectivity index (χ4v) is 3.65. The van der Waals surface area contributed by atoms with Crippen molar-refractivity contribution >= 4 is 22.7 Å². The van der Waals surface area contributed by atoms with Gasteiger partial charge in [0.25, 0.3) is 5.56 Å². The zero-order chi connectivity index (χ0) is 14.3. The van der Waals surface area contributed by atoms with Gasteiger partial charge in [0.15, 0.2) is 16.7 Å². The standard InChI is InChI=1S/C14H16N2O3S/c1-8-4-5-20-14-15-10-7-12(19-3)11(18-2)6-9(10)13(17)16(8)14/h6-8H,4-5H2,1-3H3. The molecule has 1 aromatic carbocycles. The Balaban J connectivity index is 2.34. The minimum absolute atomic E-state index is 0.00865. The van der Waals surface area contributed by atoms with Gasteiger partial charge in [0.05, 0.1) is 25.1 Å². The van der Waals surface area contributed by atoms with Crippen molar-refractivity contribution in [3.8, 4) is 11.5 Å². The van der Waals surface area contributed by atoms with Crippen LogP contribution in [0, 0.1) is 0 Å². The van der Waals surface area contributed by atoms with Crippen LogP contribution in [0.5, 0.6) is 11.5 Å². The second-order valence-corrected chi connectivity index (χ2v) is 5.84. The fraction of sp³-hybridized carbons (Fsp3) is 0.429. The summed E-state index contributed by atoms with van der Waals surface area (Å²) in [5.74, 6) is 2.13. The van der Waals surface area contributed by atoms with Crippen LogP contribution in [0.3, 0.4) is 0 Å². The number of aromatic nitrogens is 2. The number of benzene rings is 1. The molecule has 0 fully saturated rings. The third-order valence-corrected chi connectivity index (χ3v) is 4.57. The van der Waals surface area contributed by atoms with Gasteiger partial charge in [-0.2, -0.15) is 0 Å². The molecule has 1 aliphatic rings. The molecule has 0 bridgehead atoms. The van der Waals surface area contributed by atoms with Gasteiger partial charge in [-0.25, -0.2) is 4.98 Å². The quantitative estimate of drug-likeness (QED) is 0.796. The largest absolute Gasteiger partial charge is 0.493 e. The molecule has 1 unspecified atom stereocenters. The van der Waals surface area contributed by atoms with Gasteiger partial charge in [0.1, 0.15) is 0 Å². The maximum Gasteiger partial charge on any atom is 0.262 e. The lowest BCUT2D eigenvalue weighted by Gasteiger charge is -2.23. The highest BCUT2D eigenvalue weighted by Crippen LogP contribution is 2.33. The van der Waals surface area contributed by atoms with Gasteiger partial charge in [0, 0.05) is 17.9 Å². The zero-order valence-electron chi connectivity index (χ0n) is 11.7. The van der Waals surface area contributed by atoms with E-state index in [4.69, 9.17) is 9.47 Å². The minimum atomic E-state index is -0.00865. The molecule has 0 amide bonds. The Labute approximate surface area is 120 Å². The topological polar surface area (TPSA) is 53.4 Å². The van der Waals surface area contributed by atoms with Crippen LogP contribution in [0.4, 0.5) is 0 Å². The summed E-state index contributed by atoms with van der Waals surface area (Å²) in [6.07, 6.45) is 0.984. The van der Waals surface area contributed by atoms with Gasteiger partial charge in [-0.3, -0.25) is 9.36 Å². The Hall–Kier alpha value is -1.69. The first kappa shape index (κ1) is 13.3. The number of fused-ring (bicyclic) bond motifs is 2. The van der Waals surface area contributed by atoms with E-state index in [-0.39, 0.29) is 11.6 Å². The first-order chi connectivity index (χ1) is 9.65. The maximum atomic E-state index is 12.7. The lowest BCUT2D eigenvalue weighted by molar-refractivity contribution is 0.355. The van der Waals surface area contributed by atoms with E-state index in [0.717, 1.165) is 17.3 Å². The predicted molar refractivity (Wildman–Crippen MR) is 79.2 cm³/mol. The molecule has 2 aromatic rings. The number of hydrogen-bond acceptors (Lipinski definition) is 5. The van der Waals surface area contributed by atoms with E-state index >= 15 is 0 Å². The van der Waals surface area contributed by atoms with E-state index in [0.29, 0.717) is 22.4 Å². The van der Waals surface area contributed by atoms with Crippen molar-refractivity contribution in [2.45, 2.75) is 24.5 Å². The molecule has 3 rings (SSSR count). The number of thioether (sulfide) groups is 1. The van der Waals surface area contributed by atoms with Crippen LogP contribution in [0.15, 0.2) is 22.1 Å². The molecule has 1 atom stereocenters. The first-order valence-electron chi connectivity index (χ1n) is 6.46. The van der Waals surface area contributed by atoms with Crippen molar-refractivity contribution in [2.75, 3.05) is 20.0 Å². The summed E-state index contributed by atoms with van der Waals surface area (Å²) in [6.45, 7) is 2.05. The number of methoxy groups -OCH3 is 2. The Bertz CT molecular complexity index is 726. The molecule has 0 saturated carbocycles. The van der Waals surface area contributed by atoms with Crippen LogP contribution in [-0.4, -0.2) is 29.5 Å². The minimum Gasteiger partial charge on any atom is -0.493 e. The van der Waals surface area contributed by atoms with Crippen molar-refractivity contribution in [2.24, 2.45) is 0 Å². The van der Waals surface area contributed by atoms with E-state index in [1.807, 2.05) is 0 Å². The molecule has 0 spiro atoms. The molecule has 1 aromatic heterocycles. The lowest BCUT2D eigenvalue weighted by Crippen LogP contribution is -2.29. The van der Waals surface area contributed by atoms with Gasteiger partial charge in [-0.15, -0.1) is 0 Å². The summed E-state index contributed by atoms with van der Waals surface area (Å²) in [4.78, 5) is 17.3. The van der Waals surface area contributed by atoms with Crippen molar-refractivity contribution in [1.82, 2.24) is 9.55 Å². The average molecular weight is 292 g/mol. The smallest absolute Gasteiger partial charge is 0.262 e. The third-order valence-electron chi connectivity index (χ3n) is 3.58. The molecule has 6 heteroatoms. The van der Waals surface area contributed by atoms with E-state index in [1.165, 1.54) is 0 Å². The molecule has 0 radical (unpaired) electrons. The van der Waals surface area contributed by atoms with Crippen LogP contribution in [0.2, 0.25) is 0 Å². The monoisotopic (exact) mass is 292 g/mol. The van der Waals surface area contributed by atoms with E-state index in [9.17, 15) is 4.79 Å². The number of ether oxygens (including phenoxy) is 2. The maximum absolute atomic E-state index is 12.7. The SMILES string of the molecule is COc1cc2nc3n(c(=O)c2cc1OC)C(C)CCS3. The van der Waals surface area contributed by atoms with E-state index in [2.05, 4.69) is 11.9 Å². The second kappa shape index (κ2) is 5.01. The van der Waals surface area contributed by atoms with E-state index in [1.54, 1.807) is 42.7 Å². The number of nitrogens with zero attached hydrogens (tertiary/aromatic N) is 2. The molecular formula is C14H16N2O3S. The van der Waals surface area contributed by atoms with Crippen LogP contribution >= 0.6 is 11.8 Å². The highest BCUT2D eigenvalue weighted by Gasteiger charge is 2.21. The summed E-state index contributed by atoms with van der Waals surface area (Å²) < 4.78 is 12.3. The van der Waals surface area contributed by atoms with Crippen molar-refractivity contribution in [1.29, 1.82) is 0 Å². The molecule has 0 N–H and O–H groups in total. The van der Waals surface area contributed by atoms with Gasteiger partial charge in [0.2, 0.25) is 0 Å². The van der Waals surface area contributed by atoms with Gasteiger partial charge >= 0.3 is 0 Å². The van der Waals surface area contributed by atoms with Crippen molar-refractivity contribution in [3.63, 3.8) is 0 Å². The summed E-state index contributed by atoms with van der Waals surface area (Å²) >= 11 is 1.62. The molecule has 20 heavy (non-hydrogen) atoms. The summed E-state index contributed by atoms with van der Waals surface area (Å²) in [5, 5.41) is 1.36. The van der Waals surface area contributed by atoms with E-state index < -0.39 is 0 Å². The van der Waals surface area contributed by atoms with Gasteiger partial charge < -0.3 is 9.47 Å². The highest BCUT2D eigenvalue weighted by atomic mass is 32.2. The molecule has 106 valence electrons. The Morgan fingerprint density at radius 2 is 2.00 bits per heavy atom. The van der Waals surface area contributed by atoms with Crippen LogP contribution in [-0.2, 0) is 0 Å². The molecule has 1 aliphatic heterocycles. The van der Waals surface area contributed by atoms with Crippen molar-refractivity contribution < 1.29 is 9.47 Å². The zero-order valence-corrected chi connectivity index (χ0v) is 12.5. The number of rotatable bonds is 2. The fourth-order valence-electron chi connectivity index (χ4n) is 2.45. The average Bonchev–Trinajstić information content (AvgIpc) is 2.46. The summed E-state index contributed by atoms with van der Waals surface area (Å²) in [6, 6.07) is 3.66. The predicted octanol–water partition coefficient (Wildman–Crippen LogP) is 2.47. The molecule has 2 heterocycles. The normalized spacial score (nSPS) is 17.9. The van der Waals surface area contributed by atoms with Gasteiger partial charge in [-0.1, -0.05) is 11.8 Å². The third kappa shape index (κ3) is 1.95.